The van der Waals surface area contributed by atoms with E-state index in [4.69, 9.17) is 0 Å². The van der Waals surface area contributed by atoms with Crippen LogP contribution in [0.5, 0.6) is 0 Å². The Morgan fingerprint density at radius 3 is 2.61 bits per heavy atom. The van der Waals surface area contributed by atoms with Crippen molar-refractivity contribution in [3.05, 3.63) is 29.6 Å². The van der Waals surface area contributed by atoms with Crippen molar-refractivity contribution < 1.29 is 4.39 Å². The van der Waals surface area contributed by atoms with Gasteiger partial charge in [0.05, 0.1) is 0 Å². The zero-order valence-corrected chi connectivity index (χ0v) is 12.6. The number of nitrogens with one attached hydrogen (secondary N) is 1. The first-order valence-electron chi connectivity index (χ1n) is 6.69. The lowest BCUT2D eigenvalue weighted by Crippen LogP contribution is -2.19. The number of hydrogen-bond acceptors (Lipinski definition) is 2. The molecule has 0 saturated carbocycles. The van der Waals surface area contributed by atoms with Gasteiger partial charge in [0.1, 0.15) is 5.82 Å². The van der Waals surface area contributed by atoms with Gasteiger partial charge in [-0.1, -0.05) is 39.8 Å². The molecule has 0 aliphatic carbocycles. The number of benzene rings is 1. The topological polar surface area (TPSA) is 12.0 Å². The Kier molecular flexibility index (Phi) is 6.72. The van der Waals surface area contributed by atoms with Crippen molar-refractivity contribution in [1.82, 2.24) is 5.32 Å². The summed E-state index contributed by atoms with van der Waals surface area (Å²) in [7, 11) is 0. The molecule has 3 heteroatoms. The molecule has 0 fully saturated rings. The van der Waals surface area contributed by atoms with Gasteiger partial charge in [0.15, 0.2) is 0 Å². The van der Waals surface area contributed by atoms with Gasteiger partial charge in [-0.3, -0.25) is 0 Å². The highest BCUT2D eigenvalue weighted by molar-refractivity contribution is 8.00. The first kappa shape index (κ1) is 15.5. The van der Waals surface area contributed by atoms with Crippen LogP contribution in [-0.4, -0.2) is 11.8 Å². The van der Waals surface area contributed by atoms with Gasteiger partial charge in [0.2, 0.25) is 0 Å². The third kappa shape index (κ3) is 4.99. The van der Waals surface area contributed by atoms with E-state index >= 15 is 0 Å². The first-order chi connectivity index (χ1) is 8.54. The molecule has 1 N–H and O–H groups in total. The molecular formula is C15H24FNS. The molecule has 0 bridgehead atoms. The molecule has 18 heavy (non-hydrogen) atoms. The molecule has 1 rings (SSSR count). The summed E-state index contributed by atoms with van der Waals surface area (Å²) in [5.74, 6) is 0.522. The number of thioether (sulfide) groups is 1. The molecular weight excluding hydrogens is 245 g/mol. The monoisotopic (exact) mass is 269 g/mol. The second kappa shape index (κ2) is 7.80. The van der Waals surface area contributed by atoms with Gasteiger partial charge in [-0.15, -0.1) is 11.8 Å². The lowest BCUT2D eigenvalue weighted by atomic mass is 10.2. The number of hydrogen-bond donors (Lipinski definition) is 1. The maximum Gasteiger partial charge on any atom is 0.137 e. The summed E-state index contributed by atoms with van der Waals surface area (Å²) in [5.41, 5.74) is 1.07. The molecule has 0 saturated heterocycles. The van der Waals surface area contributed by atoms with Crippen LogP contribution in [0.2, 0.25) is 0 Å². The van der Waals surface area contributed by atoms with Crippen LogP contribution in [0.15, 0.2) is 23.1 Å². The van der Waals surface area contributed by atoms with Crippen LogP contribution in [0.3, 0.4) is 0 Å². The number of halogens is 1. The van der Waals surface area contributed by atoms with Gasteiger partial charge in [-0.05, 0) is 30.5 Å². The Balaban J connectivity index is 2.73. The van der Waals surface area contributed by atoms with Crippen LogP contribution in [0, 0.1) is 11.7 Å². The second-order valence-electron chi connectivity index (χ2n) is 5.09. The van der Waals surface area contributed by atoms with Gasteiger partial charge in [-0.25, -0.2) is 4.39 Å². The van der Waals surface area contributed by atoms with E-state index in [0.717, 1.165) is 30.0 Å². The lowest BCUT2D eigenvalue weighted by molar-refractivity contribution is 0.542. The average molecular weight is 269 g/mol. The minimum atomic E-state index is -0.0934. The summed E-state index contributed by atoms with van der Waals surface area (Å²) in [5, 5.41) is 3.83. The molecule has 1 aromatic carbocycles. The molecule has 0 aliphatic heterocycles. The van der Waals surface area contributed by atoms with E-state index in [2.05, 4.69) is 33.0 Å². The molecule has 102 valence electrons. The highest BCUT2D eigenvalue weighted by Gasteiger charge is 2.12. The van der Waals surface area contributed by atoms with E-state index in [1.54, 1.807) is 23.9 Å². The summed E-state index contributed by atoms with van der Waals surface area (Å²) in [6.07, 6.45) is 1.05. The van der Waals surface area contributed by atoms with Crippen molar-refractivity contribution >= 4 is 11.8 Å². The third-order valence-corrected chi connectivity index (χ3v) is 4.24. The zero-order chi connectivity index (χ0) is 13.5. The molecule has 1 aromatic rings. The van der Waals surface area contributed by atoms with Crippen molar-refractivity contribution in [3.63, 3.8) is 0 Å². The maximum atomic E-state index is 13.9. The summed E-state index contributed by atoms with van der Waals surface area (Å²) < 4.78 is 13.9. The van der Waals surface area contributed by atoms with Crippen LogP contribution < -0.4 is 5.32 Å². The van der Waals surface area contributed by atoms with E-state index in [1.807, 2.05) is 6.07 Å². The average Bonchev–Trinajstić information content (AvgIpc) is 2.32. The second-order valence-corrected chi connectivity index (χ2v) is 6.54. The molecule has 0 amide bonds. The zero-order valence-electron chi connectivity index (χ0n) is 11.8. The van der Waals surface area contributed by atoms with Crippen molar-refractivity contribution in [1.29, 1.82) is 0 Å². The predicted octanol–water partition coefficient (Wildman–Crippen LogP) is 4.46. The summed E-state index contributed by atoms with van der Waals surface area (Å²) in [4.78, 5) is 0.808. The highest BCUT2D eigenvalue weighted by Crippen LogP contribution is 2.30. The Bertz CT molecular complexity index is 366. The van der Waals surface area contributed by atoms with Crippen molar-refractivity contribution in [2.24, 2.45) is 5.92 Å². The molecule has 0 aliphatic rings. The van der Waals surface area contributed by atoms with E-state index in [1.165, 1.54) is 0 Å². The predicted molar refractivity (Wildman–Crippen MR) is 78.6 cm³/mol. The third-order valence-electron chi connectivity index (χ3n) is 2.81. The Morgan fingerprint density at radius 1 is 1.28 bits per heavy atom. The molecule has 0 heterocycles. The van der Waals surface area contributed by atoms with Crippen LogP contribution in [0.25, 0.3) is 0 Å². The lowest BCUT2D eigenvalue weighted by Gasteiger charge is -2.15. The number of rotatable bonds is 7. The van der Waals surface area contributed by atoms with E-state index in [0.29, 0.717) is 11.2 Å². The standard InChI is InChI=1S/C15H24FNS/c1-5-12(4)18-15-13(7-6-8-14(15)16)10-17-9-11(2)3/h6-8,11-12,17H,5,9-10H2,1-4H3. The quantitative estimate of drug-likeness (QED) is 0.733. The summed E-state index contributed by atoms with van der Waals surface area (Å²) in [6.45, 7) is 10.3. The molecule has 1 unspecified atom stereocenters. The van der Waals surface area contributed by atoms with Gasteiger partial charge in [0.25, 0.3) is 0 Å². The minimum absolute atomic E-state index is 0.0934. The van der Waals surface area contributed by atoms with Crippen molar-refractivity contribution in [2.45, 2.75) is 50.8 Å². The van der Waals surface area contributed by atoms with Crippen LogP contribution >= 0.6 is 11.8 Å². The molecule has 1 nitrogen and oxygen atoms in total. The van der Waals surface area contributed by atoms with Crippen LogP contribution in [-0.2, 0) is 6.54 Å². The normalized spacial score (nSPS) is 13.0. The smallest absolute Gasteiger partial charge is 0.137 e. The largest absolute Gasteiger partial charge is 0.312 e. The van der Waals surface area contributed by atoms with Gasteiger partial charge in [-0.2, -0.15) is 0 Å². The SMILES string of the molecule is CCC(C)Sc1c(F)cccc1CNCC(C)C. The van der Waals surface area contributed by atoms with Crippen molar-refractivity contribution in [3.8, 4) is 0 Å². The fourth-order valence-electron chi connectivity index (χ4n) is 1.60. The van der Waals surface area contributed by atoms with E-state index in [9.17, 15) is 4.39 Å². The summed E-state index contributed by atoms with van der Waals surface area (Å²) in [6, 6.07) is 5.36. The Labute approximate surface area is 115 Å². The van der Waals surface area contributed by atoms with Gasteiger partial charge in [0, 0.05) is 16.7 Å². The summed E-state index contributed by atoms with van der Waals surface area (Å²) >= 11 is 1.64. The first-order valence-corrected chi connectivity index (χ1v) is 7.57. The maximum absolute atomic E-state index is 13.9. The van der Waals surface area contributed by atoms with Crippen LogP contribution in [0.4, 0.5) is 4.39 Å². The molecule has 0 radical (unpaired) electrons. The Morgan fingerprint density at radius 2 is 2.00 bits per heavy atom. The Hall–Kier alpha value is -0.540. The fourth-order valence-corrected chi connectivity index (χ4v) is 2.65. The van der Waals surface area contributed by atoms with Gasteiger partial charge >= 0.3 is 0 Å². The molecule has 1 atom stereocenters. The van der Waals surface area contributed by atoms with E-state index in [-0.39, 0.29) is 5.82 Å². The van der Waals surface area contributed by atoms with Crippen LogP contribution in [0.1, 0.15) is 39.7 Å². The fraction of sp³-hybridized carbons (Fsp3) is 0.600. The molecule has 0 spiro atoms. The minimum Gasteiger partial charge on any atom is -0.312 e. The highest BCUT2D eigenvalue weighted by atomic mass is 32.2. The van der Waals surface area contributed by atoms with Crippen molar-refractivity contribution in [2.75, 3.05) is 6.54 Å². The van der Waals surface area contributed by atoms with Gasteiger partial charge < -0.3 is 5.32 Å². The van der Waals surface area contributed by atoms with E-state index < -0.39 is 0 Å². The molecule has 0 aromatic heterocycles.